The molecule has 25 heteroatoms. The number of cyclic esters (lactones) is 1. The Morgan fingerprint density at radius 2 is 0.952 bits per heavy atom. The van der Waals surface area contributed by atoms with Gasteiger partial charge in [-0.3, -0.25) is 4.18 Å². The van der Waals surface area contributed by atoms with E-state index in [1.165, 1.54) is 78.6 Å². The third-order valence-electron chi connectivity index (χ3n) is 24.6. The summed E-state index contributed by atoms with van der Waals surface area (Å²) in [6.45, 7) is 35.8. The van der Waals surface area contributed by atoms with Gasteiger partial charge < -0.3 is 52.5 Å². The predicted molar refractivity (Wildman–Crippen MR) is 380 cm³/mol. The largest absolute Gasteiger partial charge is 0.463 e. The van der Waals surface area contributed by atoms with Gasteiger partial charge in [-0.15, -0.1) is 0 Å². The van der Waals surface area contributed by atoms with E-state index < -0.39 is 112 Å². The first-order valence-electron chi connectivity index (χ1n) is 37.7. The Hall–Kier alpha value is -6.99. The Bertz CT molecular complexity index is 3480. The lowest BCUT2D eigenvalue weighted by atomic mass is 9.49. The van der Waals surface area contributed by atoms with Gasteiger partial charge in [0.15, 0.2) is 19.8 Å². The zero-order chi connectivity index (χ0) is 77.1. The third-order valence-corrected chi connectivity index (χ3v) is 26.4. The summed E-state index contributed by atoms with van der Waals surface area (Å²) in [6.07, 6.45) is 22.9. The average molecular weight is 1490 g/mol. The minimum atomic E-state index is -3.53. The molecule has 0 aromatic carbocycles. The van der Waals surface area contributed by atoms with Gasteiger partial charge in [-0.05, 0) is 256 Å². The number of carbonyl (C=O) groups excluding carboxylic acids is 10. The van der Waals surface area contributed by atoms with E-state index in [4.69, 9.17) is 42.1 Å². The fourth-order valence-corrected chi connectivity index (χ4v) is 22.3. The normalized spacial score (nSPS) is 36.2. The SMILES string of the molecule is C=C(C)C(=O)OC1(C)CCCC1.C=C(C)C(=O)OC1(CC)C2CC3CC(C2)CC1C3.C=C(C)C(=O)OC12CC3CC(CC(O)(C3)C1)C2.C=C(C)C(=O)OC1CCOC1=O.C=C(C)C(=O)OCC(=O)OC1C2CC3C1OS(=O)(=O)C3C2.C=C(C)C(=O)OCC(=O)OCC(=O)OC1(C)C2CC3CC(C2)CC1C3. The first kappa shape index (κ1) is 82.1. The molecule has 105 heavy (non-hydrogen) atoms. The summed E-state index contributed by atoms with van der Waals surface area (Å²) in [4.78, 5) is 114. The lowest BCUT2D eigenvalue weighted by molar-refractivity contribution is -0.217. The van der Waals surface area contributed by atoms with Crippen molar-refractivity contribution in [1.82, 2.24) is 0 Å². The molecule has 2 heterocycles. The number of fused-ring (bicyclic) bond motifs is 1. The van der Waals surface area contributed by atoms with Crippen molar-refractivity contribution in [3.05, 3.63) is 72.9 Å². The zero-order valence-corrected chi connectivity index (χ0v) is 63.8. The monoisotopic (exact) mass is 1490 g/mol. The van der Waals surface area contributed by atoms with Crippen molar-refractivity contribution in [2.75, 3.05) is 26.4 Å². The molecular formula is C80H112O24S. The van der Waals surface area contributed by atoms with Gasteiger partial charge >= 0.3 is 59.7 Å². The van der Waals surface area contributed by atoms with Crippen LogP contribution in [0.2, 0.25) is 0 Å². The van der Waals surface area contributed by atoms with Crippen LogP contribution in [0.1, 0.15) is 216 Å². The van der Waals surface area contributed by atoms with Gasteiger partial charge in [-0.1, -0.05) is 46.4 Å². The number of rotatable bonds is 19. The van der Waals surface area contributed by atoms with Gasteiger partial charge in [-0.2, -0.15) is 8.42 Å². The van der Waals surface area contributed by atoms with E-state index in [2.05, 4.69) is 55.9 Å². The van der Waals surface area contributed by atoms with Gasteiger partial charge in [0.25, 0.3) is 10.1 Å². The molecule has 0 radical (unpaired) electrons. The van der Waals surface area contributed by atoms with E-state index in [0.717, 1.165) is 94.3 Å². The molecule has 0 aromatic rings. The van der Waals surface area contributed by atoms with E-state index in [9.17, 15) is 61.5 Å². The lowest BCUT2D eigenvalue weighted by Gasteiger charge is -2.60. The second-order valence-corrected chi connectivity index (χ2v) is 35.3. The van der Waals surface area contributed by atoms with Crippen molar-refractivity contribution in [2.45, 2.75) is 268 Å². The van der Waals surface area contributed by atoms with Crippen molar-refractivity contribution in [2.24, 2.45) is 71.0 Å². The highest BCUT2D eigenvalue weighted by molar-refractivity contribution is 7.87. The number of carbonyl (C=O) groups is 10. The summed E-state index contributed by atoms with van der Waals surface area (Å²) in [5.41, 5.74) is 0.372. The minimum absolute atomic E-state index is 0.00284. The number of esters is 10. The molecule has 2 saturated heterocycles. The van der Waals surface area contributed by atoms with Crippen molar-refractivity contribution < 1.29 is 113 Å². The first-order valence-corrected chi connectivity index (χ1v) is 39.2. The smallest absolute Gasteiger partial charge is 0.347 e. The quantitative estimate of drug-likeness (QED) is 0.0543. The van der Waals surface area contributed by atoms with Crippen molar-refractivity contribution >= 4 is 69.8 Å². The van der Waals surface area contributed by atoms with Crippen LogP contribution in [0.25, 0.3) is 0 Å². The molecule has 582 valence electrons. The van der Waals surface area contributed by atoms with Gasteiger partial charge in [0.1, 0.15) is 34.6 Å². The summed E-state index contributed by atoms with van der Waals surface area (Å²) in [5.74, 6) is 1.38. The highest BCUT2D eigenvalue weighted by atomic mass is 32.2. The van der Waals surface area contributed by atoms with E-state index in [1.807, 2.05) is 13.8 Å². The van der Waals surface area contributed by atoms with Crippen LogP contribution in [0.15, 0.2) is 72.9 Å². The molecule has 8 unspecified atom stereocenters. The first-order chi connectivity index (χ1) is 49.2. The molecule has 15 saturated carbocycles. The highest BCUT2D eigenvalue weighted by Gasteiger charge is 2.66. The molecular weight excluding hydrogens is 1380 g/mol. The van der Waals surface area contributed by atoms with Gasteiger partial charge in [-0.25, -0.2) is 47.9 Å². The molecule has 0 aromatic heterocycles. The Morgan fingerprint density at radius 3 is 1.41 bits per heavy atom. The van der Waals surface area contributed by atoms with Gasteiger partial charge in [0, 0.05) is 58.1 Å². The maximum absolute atomic E-state index is 12.2. The molecule has 0 spiro atoms. The molecule has 17 fully saturated rings. The van der Waals surface area contributed by atoms with E-state index in [-0.39, 0.29) is 57.7 Å². The molecule has 1 N–H and O–H groups in total. The molecule has 17 rings (SSSR count). The maximum Gasteiger partial charge on any atom is 0.347 e. The third kappa shape index (κ3) is 19.7. The van der Waals surface area contributed by atoms with Gasteiger partial charge in [0.05, 0.1) is 17.5 Å². The van der Waals surface area contributed by atoms with E-state index >= 15 is 0 Å². The average Bonchev–Trinajstić information content (AvgIpc) is 1.66. The van der Waals surface area contributed by atoms with E-state index in [0.29, 0.717) is 84.5 Å². The molecule has 2 aliphatic heterocycles. The summed E-state index contributed by atoms with van der Waals surface area (Å²) in [7, 11) is -3.53. The standard InChI is InChI=1S/C19H26O6.C16H24O2.C14H20O3.C13H16O7S.C10H16O2.C8H10O4/c1-11(2)18(22)24-9-16(20)23-10-17(21)25-19(3)14-5-12-4-13(7-14)8-15(19)6-12;1-4-16(18-15(17)10(2)3)13-6-11-5-12(8-13)9-14(16)7-11;1-9(2)12(15)17-14-6-10-3-11(7-14)5-13(16,4-10)8-14;1-6(2)13(15)18-5-10(14)19-11-7-3-8-9(4-7)21(16,17)20-12(8)11;1-8(2)9(11)12-10(3)6-4-5-7-10;1-5(2)7(9)12-6-3-4-11-8(6)10/h12-15H,1,4-10H2,2-3H3;11-14H,2,4-9H2,1,3H3;10-11,16H,1,3-8H2,2H3;7-9,11-12H,1,3-5H2,2H3;1,4-7H2,2-3H3;6H,1,3-4H2,2H3. The second-order valence-electron chi connectivity index (χ2n) is 33.6. The molecule has 14 bridgehead atoms. The Kier molecular flexibility index (Phi) is 26.0. The fraction of sp³-hybridized carbons (Fsp3) is 0.725. The summed E-state index contributed by atoms with van der Waals surface area (Å²) >= 11 is 0. The summed E-state index contributed by atoms with van der Waals surface area (Å²) in [5, 5.41) is 10.1. The maximum atomic E-state index is 12.2. The summed E-state index contributed by atoms with van der Waals surface area (Å²) < 4.78 is 80.2. The fourth-order valence-electron chi connectivity index (χ4n) is 20.4. The van der Waals surface area contributed by atoms with Crippen LogP contribution in [0.5, 0.6) is 0 Å². The van der Waals surface area contributed by atoms with Crippen molar-refractivity contribution in [3.8, 4) is 0 Å². The number of aliphatic hydroxyl groups is 1. The van der Waals surface area contributed by atoms with Crippen LogP contribution in [0.4, 0.5) is 0 Å². The lowest BCUT2D eigenvalue weighted by Crippen LogP contribution is -2.60. The molecule has 0 amide bonds. The second kappa shape index (κ2) is 33.2. The zero-order valence-electron chi connectivity index (χ0n) is 63.0. The number of hydrogen-bond donors (Lipinski definition) is 1. The minimum Gasteiger partial charge on any atom is -0.463 e. The van der Waals surface area contributed by atoms with Crippen LogP contribution in [0.3, 0.4) is 0 Å². The molecule has 8 atom stereocenters. The van der Waals surface area contributed by atoms with Crippen LogP contribution in [-0.2, 0) is 110 Å². The predicted octanol–water partition coefficient (Wildman–Crippen LogP) is 11.3. The van der Waals surface area contributed by atoms with Crippen molar-refractivity contribution in [1.29, 1.82) is 0 Å². The summed E-state index contributed by atoms with van der Waals surface area (Å²) in [6, 6.07) is 0. The van der Waals surface area contributed by atoms with Crippen LogP contribution in [-0.4, -0.2) is 151 Å². The molecule has 15 aliphatic carbocycles. The highest BCUT2D eigenvalue weighted by Crippen LogP contribution is 2.63. The molecule has 24 nitrogen and oxygen atoms in total. The number of hydrogen-bond acceptors (Lipinski definition) is 24. The molecule has 17 aliphatic rings. The topological polar surface area (TPSA) is 327 Å². The Labute approximate surface area is 618 Å². The van der Waals surface area contributed by atoms with Gasteiger partial charge in [0.2, 0.25) is 6.10 Å². The Balaban J connectivity index is 0.000000149. The van der Waals surface area contributed by atoms with Crippen LogP contribution in [0, 0.1) is 71.0 Å². The van der Waals surface area contributed by atoms with Crippen molar-refractivity contribution in [3.63, 3.8) is 0 Å². The number of ether oxygens (including phenoxy) is 10. The Morgan fingerprint density at radius 1 is 0.505 bits per heavy atom. The van der Waals surface area contributed by atoms with E-state index in [1.54, 1.807) is 20.8 Å². The van der Waals surface area contributed by atoms with Crippen LogP contribution >= 0.6 is 0 Å². The van der Waals surface area contributed by atoms with Crippen LogP contribution < -0.4 is 0 Å².